The van der Waals surface area contributed by atoms with E-state index in [4.69, 9.17) is 0 Å². The Morgan fingerprint density at radius 2 is 2.54 bits per heavy atom. The SMILES string of the molecule is COC(=O)CC1=CC2CCC(C1)N2. The number of methoxy groups -OCH3 is 1. The van der Waals surface area contributed by atoms with Crippen LogP contribution in [0.3, 0.4) is 0 Å². The number of ether oxygens (including phenoxy) is 1. The van der Waals surface area contributed by atoms with Gasteiger partial charge in [0, 0.05) is 12.1 Å². The Hall–Kier alpha value is -0.830. The molecule has 2 heterocycles. The molecule has 72 valence electrons. The van der Waals surface area contributed by atoms with E-state index >= 15 is 0 Å². The fraction of sp³-hybridized carbons (Fsp3) is 0.700. The molecule has 2 aliphatic heterocycles. The topological polar surface area (TPSA) is 38.3 Å². The van der Waals surface area contributed by atoms with Gasteiger partial charge >= 0.3 is 5.97 Å². The van der Waals surface area contributed by atoms with Crippen molar-refractivity contribution in [2.75, 3.05) is 7.11 Å². The summed E-state index contributed by atoms with van der Waals surface area (Å²) in [4.78, 5) is 11.0. The van der Waals surface area contributed by atoms with Crippen molar-refractivity contribution >= 4 is 5.97 Å². The van der Waals surface area contributed by atoms with Crippen LogP contribution in [0.5, 0.6) is 0 Å². The van der Waals surface area contributed by atoms with Gasteiger partial charge in [0.1, 0.15) is 0 Å². The normalized spacial score (nSPS) is 31.3. The van der Waals surface area contributed by atoms with Crippen molar-refractivity contribution in [2.24, 2.45) is 0 Å². The first-order chi connectivity index (χ1) is 6.28. The monoisotopic (exact) mass is 181 g/mol. The molecule has 0 amide bonds. The van der Waals surface area contributed by atoms with E-state index in [1.165, 1.54) is 25.5 Å². The zero-order valence-corrected chi connectivity index (χ0v) is 7.88. The van der Waals surface area contributed by atoms with Crippen LogP contribution in [0.15, 0.2) is 11.6 Å². The molecule has 3 heteroatoms. The Morgan fingerprint density at radius 3 is 3.23 bits per heavy atom. The number of carbonyl (C=O) groups excluding carboxylic acids is 1. The summed E-state index contributed by atoms with van der Waals surface area (Å²) in [6, 6.07) is 1.12. The predicted molar refractivity (Wildman–Crippen MR) is 49.3 cm³/mol. The van der Waals surface area contributed by atoms with Gasteiger partial charge in [-0.2, -0.15) is 0 Å². The van der Waals surface area contributed by atoms with E-state index in [1.807, 2.05) is 0 Å². The van der Waals surface area contributed by atoms with E-state index < -0.39 is 0 Å². The summed E-state index contributed by atoms with van der Waals surface area (Å²) in [6.45, 7) is 0. The van der Waals surface area contributed by atoms with Gasteiger partial charge in [0.25, 0.3) is 0 Å². The van der Waals surface area contributed by atoms with Crippen molar-refractivity contribution in [1.29, 1.82) is 0 Å². The number of carbonyl (C=O) groups is 1. The molecule has 1 fully saturated rings. The molecule has 13 heavy (non-hydrogen) atoms. The van der Waals surface area contributed by atoms with E-state index in [0.717, 1.165) is 6.42 Å². The van der Waals surface area contributed by atoms with E-state index in [0.29, 0.717) is 18.5 Å². The van der Waals surface area contributed by atoms with Gasteiger partial charge in [-0.15, -0.1) is 0 Å². The Morgan fingerprint density at radius 1 is 1.69 bits per heavy atom. The average molecular weight is 181 g/mol. The van der Waals surface area contributed by atoms with Gasteiger partial charge < -0.3 is 10.1 Å². The maximum atomic E-state index is 11.0. The van der Waals surface area contributed by atoms with Crippen LogP contribution in [0.4, 0.5) is 0 Å². The minimum absolute atomic E-state index is 0.118. The lowest BCUT2D eigenvalue weighted by Gasteiger charge is -2.20. The second kappa shape index (κ2) is 3.50. The summed E-state index contributed by atoms with van der Waals surface area (Å²) < 4.78 is 4.64. The Kier molecular flexibility index (Phi) is 2.36. The molecule has 0 aromatic carbocycles. The highest BCUT2D eigenvalue weighted by Crippen LogP contribution is 2.27. The summed E-state index contributed by atoms with van der Waals surface area (Å²) in [7, 11) is 1.44. The molecular formula is C10H15NO2. The maximum absolute atomic E-state index is 11.0. The van der Waals surface area contributed by atoms with Gasteiger partial charge in [-0.3, -0.25) is 4.79 Å². The van der Waals surface area contributed by atoms with Crippen LogP contribution in [-0.2, 0) is 9.53 Å². The van der Waals surface area contributed by atoms with Crippen LogP contribution in [0.2, 0.25) is 0 Å². The first-order valence-electron chi connectivity index (χ1n) is 4.80. The van der Waals surface area contributed by atoms with Gasteiger partial charge in [0.15, 0.2) is 0 Å². The molecule has 0 aromatic heterocycles. The number of esters is 1. The third kappa shape index (κ3) is 1.91. The molecule has 0 aromatic rings. The molecular weight excluding hydrogens is 166 g/mol. The van der Waals surface area contributed by atoms with Crippen LogP contribution in [0, 0.1) is 0 Å². The van der Waals surface area contributed by atoms with Crippen LogP contribution in [0.1, 0.15) is 25.7 Å². The van der Waals surface area contributed by atoms with Gasteiger partial charge in [0.05, 0.1) is 13.5 Å². The molecule has 0 aliphatic carbocycles. The van der Waals surface area contributed by atoms with E-state index in [-0.39, 0.29) is 5.97 Å². The molecule has 2 atom stereocenters. The largest absolute Gasteiger partial charge is 0.469 e. The first-order valence-corrected chi connectivity index (χ1v) is 4.80. The lowest BCUT2D eigenvalue weighted by atomic mass is 10.0. The first kappa shape index (κ1) is 8.75. The van der Waals surface area contributed by atoms with Crippen LogP contribution >= 0.6 is 0 Å². The van der Waals surface area contributed by atoms with Gasteiger partial charge in [0.2, 0.25) is 0 Å². The lowest BCUT2D eigenvalue weighted by molar-refractivity contribution is -0.139. The molecule has 0 radical (unpaired) electrons. The van der Waals surface area contributed by atoms with Gasteiger partial charge in [-0.05, 0) is 19.3 Å². The average Bonchev–Trinajstić information content (AvgIpc) is 2.46. The van der Waals surface area contributed by atoms with Crippen molar-refractivity contribution in [3.8, 4) is 0 Å². The van der Waals surface area contributed by atoms with Crippen molar-refractivity contribution in [3.63, 3.8) is 0 Å². The molecule has 2 unspecified atom stereocenters. The summed E-state index contributed by atoms with van der Waals surface area (Å²) in [6.07, 6.45) is 6.15. The van der Waals surface area contributed by atoms with E-state index in [1.54, 1.807) is 0 Å². The van der Waals surface area contributed by atoms with Crippen LogP contribution in [-0.4, -0.2) is 25.2 Å². The van der Waals surface area contributed by atoms with Crippen LogP contribution < -0.4 is 5.32 Å². The molecule has 0 spiro atoms. The summed E-state index contributed by atoms with van der Waals surface area (Å²) in [5.41, 5.74) is 1.25. The molecule has 1 saturated heterocycles. The second-order valence-corrected chi connectivity index (χ2v) is 3.83. The zero-order chi connectivity index (χ0) is 9.26. The molecule has 0 saturated carbocycles. The van der Waals surface area contributed by atoms with E-state index in [2.05, 4.69) is 16.1 Å². The number of nitrogens with one attached hydrogen (secondary N) is 1. The van der Waals surface area contributed by atoms with Gasteiger partial charge in [-0.1, -0.05) is 11.6 Å². The summed E-state index contributed by atoms with van der Waals surface area (Å²) in [5.74, 6) is -0.118. The predicted octanol–water partition coefficient (Wildman–Crippen LogP) is 1.00. The highest BCUT2D eigenvalue weighted by molar-refractivity contribution is 5.72. The van der Waals surface area contributed by atoms with Crippen LogP contribution in [0.25, 0.3) is 0 Å². The quantitative estimate of drug-likeness (QED) is 0.510. The van der Waals surface area contributed by atoms with E-state index in [9.17, 15) is 4.79 Å². The lowest BCUT2D eigenvalue weighted by Crippen LogP contribution is -2.32. The Bertz CT molecular complexity index is 247. The fourth-order valence-corrected chi connectivity index (χ4v) is 2.20. The molecule has 2 rings (SSSR count). The molecule has 1 N–H and O–H groups in total. The summed E-state index contributed by atoms with van der Waals surface area (Å²) >= 11 is 0. The van der Waals surface area contributed by atoms with Crippen molar-refractivity contribution in [2.45, 2.75) is 37.8 Å². The maximum Gasteiger partial charge on any atom is 0.309 e. The molecule has 2 bridgehead atoms. The number of hydrogen-bond acceptors (Lipinski definition) is 3. The second-order valence-electron chi connectivity index (χ2n) is 3.83. The van der Waals surface area contributed by atoms with Crippen molar-refractivity contribution in [1.82, 2.24) is 5.32 Å². The standard InChI is InChI=1S/C10H15NO2/c1-13-10(12)6-7-4-8-2-3-9(5-7)11-8/h4,8-9,11H,2-3,5-6H2,1H3. The Labute approximate surface area is 78.1 Å². The minimum Gasteiger partial charge on any atom is -0.469 e. The fourth-order valence-electron chi connectivity index (χ4n) is 2.20. The van der Waals surface area contributed by atoms with Crippen molar-refractivity contribution < 1.29 is 9.53 Å². The smallest absolute Gasteiger partial charge is 0.309 e. The van der Waals surface area contributed by atoms with Crippen molar-refractivity contribution in [3.05, 3.63) is 11.6 Å². The number of hydrogen-bond donors (Lipinski definition) is 1. The minimum atomic E-state index is -0.118. The third-order valence-corrected chi connectivity index (χ3v) is 2.82. The highest BCUT2D eigenvalue weighted by atomic mass is 16.5. The van der Waals surface area contributed by atoms with Gasteiger partial charge in [-0.25, -0.2) is 0 Å². The molecule has 2 aliphatic rings. The third-order valence-electron chi connectivity index (χ3n) is 2.82. The zero-order valence-electron chi connectivity index (χ0n) is 7.88. The Balaban J connectivity index is 1.97. The number of fused-ring (bicyclic) bond motifs is 2. The highest BCUT2D eigenvalue weighted by Gasteiger charge is 2.28. The number of rotatable bonds is 2. The summed E-state index contributed by atoms with van der Waals surface area (Å²) in [5, 5.41) is 3.48. The molecule has 3 nitrogen and oxygen atoms in total.